The Kier molecular flexibility index (Phi) is 2.99. The Balaban J connectivity index is 2.57. The second-order valence-electron chi connectivity index (χ2n) is 3.88. The molecule has 5 heteroatoms. The lowest BCUT2D eigenvalue weighted by molar-refractivity contribution is -0.119. The van der Waals surface area contributed by atoms with Gasteiger partial charge in [-0.05, 0) is 19.8 Å². The van der Waals surface area contributed by atoms with Crippen LogP contribution < -0.4 is 0 Å². The third-order valence-corrected chi connectivity index (χ3v) is 3.98. The Bertz CT molecular complexity index is 260. The molecular weight excluding hydrogens is 192 g/mol. The van der Waals surface area contributed by atoms with Crippen LogP contribution in [-0.2, 0) is 14.9 Å². The minimum atomic E-state index is -3.88. The van der Waals surface area contributed by atoms with E-state index in [9.17, 15) is 8.42 Å². The third-order valence-electron chi connectivity index (χ3n) is 2.80. The standard InChI is InChI=1S/C8H16O4S/c1-3-8(5-12-6-8)4-7(2)13(9,10)11/h7H,3-6H2,1-2H3,(H,9,10,11). The van der Waals surface area contributed by atoms with Crippen LogP contribution in [0.2, 0.25) is 0 Å². The van der Waals surface area contributed by atoms with Crippen LogP contribution in [0.1, 0.15) is 26.7 Å². The average Bonchev–Trinajstić information content (AvgIpc) is 1.94. The van der Waals surface area contributed by atoms with Gasteiger partial charge in [-0.1, -0.05) is 6.92 Å². The molecule has 1 atom stereocenters. The first-order chi connectivity index (χ1) is 5.90. The van der Waals surface area contributed by atoms with Crippen molar-refractivity contribution in [3.8, 4) is 0 Å². The van der Waals surface area contributed by atoms with Gasteiger partial charge >= 0.3 is 0 Å². The Morgan fingerprint density at radius 3 is 2.31 bits per heavy atom. The molecule has 4 nitrogen and oxygen atoms in total. The molecule has 0 saturated carbocycles. The van der Waals surface area contributed by atoms with E-state index in [4.69, 9.17) is 9.29 Å². The maximum atomic E-state index is 10.8. The Morgan fingerprint density at radius 2 is 2.08 bits per heavy atom. The van der Waals surface area contributed by atoms with Crippen LogP contribution in [-0.4, -0.2) is 31.4 Å². The SMILES string of the molecule is CCC1(CC(C)S(=O)(=O)O)COC1. The van der Waals surface area contributed by atoms with Gasteiger partial charge in [0, 0.05) is 5.41 Å². The van der Waals surface area contributed by atoms with Crippen LogP contribution in [0.15, 0.2) is 0 Å². The molecular formula is C8H16O4S. The van der Waals surface area contributed by atoms with Crippen molar-refractivity contribution in [1.29, 1.82) is 0 Å². The minimum absolute atomic E-state index is 0.0186. The summed E-state index contributed by atoms with van der Waals surface area (Å²) in [5, 5.41) is -0.684. The predicted molar refractivity (Wildman–Crippen MR) is 49.2 cm³/mol. The molecule has 0 aromatic rings. The monoisotopic (exact) mass is 208 g/mol. The van der Waals surface area contributed by atoms with Gasteiger partial charge in [0.25, 0.3) is 10.1 Å². The van der Waals surface area contributed by atoms with E-state index in [1.165, 1.54) is 6.92 Å². The lowest BCUT2D eigenvalue weighted by Crippen LogP contribution is -2.45. The number of hydrogen-bond acceptors (Lipinski definition) is 3. The summed E-state index contributed by atoms with van der Waals surface area (Å²) in [5.74, 6) is 0. The van der Waals surface area contributed by atoms with E-state index in [1.54, 1.807) is 0 Å². The summed E-state index contributed by atoms with van der Waals surface area (Å²) in [6.45, 7) is 4.77. The molecule has 0 aromatic heterocycles. The molecule has 1 aliphatic rings. The molecule has 1 rings (SSSR count). The topological polar surface area (TPSA) is 63.6 Å². The van der Waals surface area contributed by atoms with Crippen molar-refractivity contribution in [1.82, 2.24) is 0 Å². The van der Waals surface area contributed by atoms with E-state index >= 15 is 0 Å². The van der Waals surface area contributed by atoms with Gasteiger partial charge < -0.3 is 4.74 Å². The molecule has 1 saturated heterocycles. The first kappa shape index (κ1) is 10.9. The van der Waals surface area contributed by atoms with Crippen LogP contribution in [0.5, 0.6) is 0 Å². The van der Waals surface area contributed by atoms with Crippen LogP contribution in [0.3, 0.4) is 0 Å². The maximum absolute atomic E-state index is 10.8. The van der Waals surface area contributed by atoms with E-state index in [0.717, 1.165) is 6.42 Å². The van der Waals surface area contributed by atoms with E-state index < -0.39 is 15.4 Å². The molecule has 0 aromatic carbocycles. The molecule has 1 unspecified atom stereocenters. The first-order valence-corrected chi connectivity index (χ1v) is 5.94. The predicted octanol–water partition coefficient (Wildman–Crippen LogP) is 1.08. The normalized spacial score (nSPS) is 23.6. The molecule has 1 N–H and O–H groups in total. The number of ether oxygens (including phenoxy) is 1. The number of rotatable bonds is 4. The first-order valence-electron chi connectivity index (χ1n) is 4.44. The minimum Gasteiger partial charge on any atom is -0.380 e. The maximum Gasteiger partial charge on any atom is 0.267 e. The molecule has 0 aliphatic carbocycles. The molecule has 1 fully saturated rings. The Labute approximate surface area is 79.0 Å². The van der Waals surface area contributed by atoms with Crippen LogP contribution >= 0.6 is 0 Å². The molecule has 1 heterocycles. The van der Waals surface area contributed by atoms with Crippen molar-refractivity contribution < 1.29 is 17.7 Å². The van der Waals surface area contributed by atoms with Crippen molar-refractivity contribution in [3.05, 3.63) is 0 Å². The van der Waals surface area contributed by atoms with Crippen LogP contribution in [0.4, 0.5) is 0 Å². The van der Waals surface area contributed by atoms with Gasteiger partial charge in [-0.25, -0.2) is 0 Å². The van der Waals surface area contributed by atoms with E-state index in [0.29, 0.717) is 19.6 Å². The highest BCUT2D eigenvalue weighted by molar-refractivity contribution is 7.86. The van der Waals surface area contributed by atoms with Gasteiger partial charge in [0.2, 0.25) is 0 Å². The van der Waals surface area contributed by atoms with Crippen LogP contribution in [0.25, 0.3) is 0 Å². The zero-order valence-electron chi connectivity index (χ0n) is 7.99. The highest BCUT2D eigenvalue weighted by atomic mass is 32.2. The second kappa shape index (κ2) is 3.55. The van der Waals surface area contributed by atoms with Crippen molar-refractivity contribution in [3.63, 3.8) is 0 Å². The zero-order valence-corrected chi connectivity index (χ0v) is 8.80. The molecule has 0 amide bonds. The molecule has 0 bridgehead atoms. The number of hydrogen-bond donors (Lipinski definition) is 1. The van der Waals surface area contributed by atoms with E-state index in [1.807, 2.05) is 6.92 Å². The fourth-order valence-corrected chi connectivity index (χ4v) is 2.14. The highest BCUT2D eigenvalue weighted by Gasteiger charge is 2.40. The molecule has 0 radical (unpaired) electrons. The molecule has 78 valence electrons. The highest BCUT2D eigenvalue weighted by Crippen LogP contribution is 2.37. The van der Waals surface area contributed by atoms with Crippen molar-refractivity contribution in [2.75, 3.05) is 13.2 Å². The van der Waals surface area contributed by atoms with Gasteiger partial charge in [0.15, 0.2) is 0 Å². The van der Waals surface area contributed by atoms with Gasteiger partial charge in [-0.15, -0.1) is 0 Å². The summed E-state index contributed by atoms with van der Waals surface area (Å²) in [4.78, 5) is 0. The van der Waals surface area contributed by atoms with Gasteiger partial charge in [0.1, 0.15) is 0 Å². The Hall–Kier alpha value is -0.130. The summed E-state index contributed by atoms with van der Waals surface area (Å²) in [6.07, 6.45) is 1.38. The lowest BCUT2D eigenvalue weighted by atomic mass is 9.79. The fraction of sp³-hybridized carbons (Fsp3) is 1.00. The summed E-state index contributed by atoms with van der Waals surface area (Å²) in [7, 11) is -3.88. The summed E-state index contributed by atoms with van der Waals surface area (Å²) in [5.41, 5.74) is -0.0186. The zero-order chi connectivity index (χ0) is 10.1. The van der Waals surface area contributed by atoms with Gasteiger partial charge in [-0.3, -0.25) is 4.55 Å². The van der Waals surface area contributed by atoms with Crippen molar-refractivity contribution in [2.45, 2.75) is 31.9 Å². The Morgan fingerprint density at radius 1 is 1.54 bits per heavy atom. The average molecular weight is 208 g/mol. The third kappa shape index (κ3) is 2.42. The quantitative estimate of drug-likeness (QED) is 0.702. The summed E-state index contributed by atoms with van der Waals surface area (Å²) in [6, 6.07) is 0. The van der Waals surface area contributed by atoms with E-state index in [-0.39, 0.29) is 5.41 Å². The largest absolute Gasteiger partial charge is 0.380 e. The molecule has 13 heavy (non-hydrogen) atoms. The fourth-order valence-electron chi connectivity index (χ4n) is 1.57. The van der Waals surface area contributed by atoms with Crippen molar-refractivity contribution >= 4 is 10.1 Å². The summed E-state index contributed by atoms with van der Waals surface area (Å²) >= 11 is 0. The van der Waals surface area contributed by atoms with E-state index in [2.05, 4.69) is 0 Å². The molecule has 1 aliphatic heterocycles. The van der Waals surface area contributed by atoms with Gasteiger partial charge in [0.05, 0.1) is 18.5 Å². The summed E-state index contributed by atoms with van der Waals surface area (Å²) < 4.78 is 35.4. The van der Waals surface area contributed by atoms with Crippen LogP contribution in [0, 0.1) is 5.41 Å². The van der Waals surface area contributed by atoms with Crippen molar-refractivity contribution in [2.24, 2.45) is 5.41 Å². The lowest BCUT2D eigenvalue weighted by Gasteiger charge is -2.42. The second-order valence-corrected chi connectivity index (χ2v) is 5.71. The van der Waals surface area contributed by atoms with Gasteiger partial charge in [-0.2, -0.15) is 8.42 Å². The smallest absolute Gasteiger partial charge is 0.267 e. The molecule has 0 spiro atoms.